The number of hydrogen-bond donors (Lipinski definition) is 2. The molecule has 6 heteroatoms. The summed E-state index contributed by atoms with van der Waals surface area (Å²) in [7, 11) is -3.27. The van der Waals surface area contributed by atoms with Gasteiger partial charge < -0.3 is 11.1 Å². The Morgan fingerprint density at radius 1 is 0.926 bits per heavy atom. The highest BCUT2D eigenvalue weighted by Crippen LogP contribution is 2.39. The van der Waals surface area contributed by atoms with Crippen LogP contribution in [0.15, 0.2) is 29.2 Å². The van der Waals surface area contributed by atoms with E-state index in [0.29, 0.717) is 22.3 Å². The zero-order valence-electron chi connectivity index (χ0n) is 15.8. The minimum atomic E-state index is -3.27. The van der Waals surface area contributed by atoms with Gasteiger partial charge in [0.1, 0.15) is 0 Å². The van der Waals surface area contributed by atoms with Crippen LogP contribution in [0, 0.1) is 11.8 Å². The molecule has 3 aliphatic rings. The summed E-state index contributed by atoms with van der Waals surface area (Å²) in [5, 5.41) is 2.97. The fourth-order valence-electron chi connectivity index (χ4n) is 5.45. The Kier molecular flexibility index (Phi) is 5.30. The monoisotopic (exact) mass is 390 g/mol. The molecule has 0 aliphatic heterocycles. The Morgan fingerprint density at radius 3 is 2.11 bits per heavy atom. The Morgan fingerprint density at radius 2 is 1.52 bits per heavy atom. The molecule has 3 saturated carbocycles. The quantitative estimate of drug-likeness (QED) is 0.827. The van der Waals surface area contributed by atoms with Crippen LogP contribution in [0.1, 0.15) is 68.1 Å². The fourth-order valence-corrected chi connectivity index (χ4v) is 7.30. The van der Waals surface area contributed by atoms with Gasteiger partial charge in [0.25, 0.3) is 5.91 Å². The number of carbonyl (C=O) groups excluding carboxylic acids is 1. The van der Waals surface area contributed by atoms with Crippen molar-refractivity contribution < 1.29 is 13.2 Å². The van der Waals surface area contributed by atoms with E-state index in [1.165, 1.54) is 6.42 Å². The van der Waals surface area contributed by atoms with Crippen molar-refractivity contribution in [3.05, 3.63) is 29.8 Å². The molecule has 2 atom stereocenters. The molecule has 3 fully saturated rings. The molecule has 0 aromatic heterocycles. The standard InChI is InChI=1S/C21H30N2O3S/c22-17-12-15-4-3-5-16(13-17)20(15)23-21(24)14-8-10-19(11-9-14)27(25,26)18-6-1-2-7-18/h8-11,15-18,20H,1-7,12-13,22H2,(H,23,24). The molecule has 1 aromatic carbocycles. The second-order valence-electron chi connectivity index (χ2n) is 8.66. The van der Waals surface area contributed by atoms with Crippen molar-refractivity contribution in [2.75, 3.05) is 0 Å². The minimum absolute atomic E-state index is 0.0998. The third kappa shape index (κ3) is 3.79. The van der Waals surface area contributed by atoms with E-state index in [9.17, 15) is 13.2 Å². The van der Waals surface area contributed by atoms with Crippen molar-refractivity contribution in [1.29, 1.82) is 0 Å². The number of nitrogens with two attached hydrogens (primary N) is 1. The van der Waals surface area contributed by atoms with Crippen LogP contribution < -0.4 is 11.1 Å². The summed E-state index contributed by atoms with van der Waals surface area (Å²) in [6.07, 6.45) is 8.92. The van der Waals surface area contributed by atoms with Crippen LogP contribution in [-0.2, 0) is 9.84 Å². The van der Waals surface area contributed by atoms with Crippen LogP contribution in [0.5, 0.6) is 0 Å². The summed E-state index contributed by atoms with van der Waals surface area (Å²) in [4.78, 5) is 13.1. The number of sulfone groups is 1. The SMILES string of the molecule is NC1CC2CCCC(C1)C2NC(=O)c1ccc(S(=O)(=O)C2CCCC2)cc1. The highest BCUT2D eigenvalue weighted by atomic mass is 32.2. The predicted molar refractivity (Wildman–Crippen MR) is 105 cm³/mol. The maximum Gasteiger partial charge on any atom is 0.251 e. The van der Waals surface area contributed by atoms with Gasteiger partial charge in [-0.2, -0.15) is 0 Å². The number of nitrogens with one attached hydrogen (secondary N) is 1. The fraction of sp³-hybridized carbons (Fsp3) is 0.667. The summed E-state index contributed by atoms with van der Waals surface area (Å²) in [6, 6.07) is 6.96. The first-order chi connectivity index (χ1) is 12.9. The Hall–Kier alpha value is -1.40. The van der Waals surface area contributed by atoms with Crippen LogP contribution in [0.2, 0.25) is 0 Å². The summed E-state index contributed by atoms with van der Waals surface area (Å²) in [6.45, 7) is 0. The third-order valence-electron chi connectivity index (χ3n) is 6.86. The summed E-state index contributed by atoms with van der Waals surface area (Å²) < 4.78 is 25.4. The van der Waals surface area contributed by atoms with Gasteiger partial charge in [-0.3, -0.25) is 4.79 Å². The molecule has 1 amide bonds. The zero-order chi connectivity index (χ0) is 19.0. The van der Waals surface area contributed by atoms with Gasteiger partial charge in [0, 0.05) is 17.6 Å². The lowest BCUT2D eigenvalue weighted by Gasteiger charge is -2.45. The van der Waals surface area contributed by atoms with Crippen LogP contribution in [0.25, 0.3) is 0 Å². The van der Waals surface area contributed by atoms with Gasteiger partial charge in [-0.25, -0.2) is 8.42 Å². The molecule has 0 radical (unpaired) electrons. The van der Waals surface area contributed by atoms with Gasteiger partial charge in [0.15, 0.2) is 9.84 Å². The van der Waals surface area contributed by atoms with E-state index in [-0.39, 0.29) is 23.2 Å². The van der Waals surface area contributed by atoms with Crippen molar-refractivity contribution in [3.63, 3.8) is 0 Å². The predicted octanol–water partition coefficient (Wildman–Crippen LogP) is 3.04. The van der Waals surface area contributed by atoms with Gasteiger partial charge in [-0.15, -0.1) is 0 Å². The summed E-state index contributed by atoms with van der Waals surface area (Å²) in [5.41, 5.74) is 6.70. The Balaban J connectivity index is 1.45. The zero-order valence-corrected chi connectivity index (χ0v) is 16.6. The maximum atomic E-state index is 12.8. The van der Waals surface area contributed by atoms with Crippen molar-refractivity contribution in [2.24, 2.45) is 17.6 Å². The number of hydrogen-bond acceptors (Lipinski definition) is 4. The molecule has 0 spiro atoms. The van der Waals surface area contributed by atoms with Crippen LogP contribution in [-0.4, -0.2) is 31.7 Å². The second-order valence-corrected chi connectivity index (χ2v) is 10.9. The molecular weight excluding hydrogens is 360 g/mol. The molecule has 2 unspecified atom stereocenters. The highest BCUT2D eigenvalue weighted by Gasteiger charge is 2.40. The molecule has 0 saturated heterocycles. The van der Waals surface area contributed by atoms with Gasteiger partial charge in [-0.05, 0) is 74.6 Å². The molecular formula is C21H30N2O3S. The molecule has 3 aliphatic carbocycles. The van der Waals surface area contributed by atoms with Crippen molar-refractivity contribution in [1.82, 2.24) is 5.32 Å². The van der Waals surface area contributed by atoms with E-state index >= 15 is 0 Å². The van der Waals surface area contributed by atoms with Crippen LogP contribution >= 0.6 is 0 Å². The van der Waals surface area contributed by atoms with E-state index in [4.69, 9.17) is 5.73 Å². The second kappa shape index (κ2) is 7.55. The molecule has 2 bridgehead atoms. The van der Waals surface area contributed by atoms with Crippen LogP contribution in [0.3, 0.4) is 0 Å². The Labute approximate surface area is 162 Å². The molecule has 5 nitrogen and oxygen atoms in total. The number of amides is 1. The van der Waals surface area contributed by atoms with Crippen molar-refractivity contribution in [3.8, 4) is 0 Å². The summed E-state index contributed by atoms with van der Waals surface area (Å²) in [5.74, 6) is 0.842. The van der Waals surface area contributed by atoms with Crippen molar-refractivity contribution in [2.45, 2.75) is 80.0 Å². The first kappa shape index (κ1) is 18.9. The number of carbonyl (C=O) groups is 1. The van der Waals surface area contributed by atoms with E-state index in [2.05, 4.69) is 5.32 Å². The van der Waals surface area contributed by atoms with E-state index in [1.807, 2.05) is 0 Å². The third-order valence-corrected chi connectivity index (χ3v) is 9.14. The normalized spacial score (nSPS) is 31.6. The molecule has 3 N–H and O–H groups in total. The maximum absolute atomic E-state index is 12.8. The molecule has 148 valence electrons. The molecule has 0 heterocycles. The number of benzene rings is 1. The first-order valence-electron chi connectivity index (χ1n) is 10.4. The minimum Gasteiger partial charge on any atom is -0.349 e. The smallest absolute Gasteiger partial charge is 0.251 e. The molecule has 27 heavy (non-hydrogen) atoms. The average Bonchev–Trinajstić information content (AvgIpc) is 3.18. The lowest BCUT2D eigenvalue weighted by Crippen LogP contribution is -2.53. The largest absolute Gasteiger partial charge is 0.349 e. The highest BCUT2D eigenvalue weighted by molar-refractivity contribution is 7.92. The van der Waals surface area contributed by atoms with E-state index in [1.54, 1.807) is 24.3 Å². The van der Waals surface area contributed by atoms with Crippen molar-refractivity contribution >= 4 is 15.7 Å². The van der Waals surface area contributed by atoms with Gasteiger partial charge in [0.2, 0.25) is 0 Å². The molecule has 1 aromatic rings. The topological polar surface area (TPSA) is 89.3 Å². The Bertz CT molecular complexity index is 770. The van der Waals surface area contributed by atoms with Gasteiger partial charge in [0.05, 0.1) is 10.1 Å². The molecule has 4 rings (SSSR count). The first-order valence-corrected chi connectivity index (χ1v) is 11.9. The number of fused-ring (bicyclic) bond motifs is 2. The van der Waals surface area contributed by atoms with Crippen LogP contribution in [0.4, 0.5) is 0 Å². The summed E-state index contributed by atoms with van der Waals surface area (Å²) >= 11 is 0. The van der Waals surface area contributed by atoms with Gasteiger partial charge in [-0.1, -0.05) is 19.3 Å². The average molecular weight is 391 g/mol. The van der Waals surface area contributed by atoms with Gasteiger partial charge >= 0.3 is 0 Å². The van der Waals surface area contributed by atoms with E-state index < -0.39 is 9.84 Å². The van der Waals surface area contributed by atoms with E-state index in [0.717, 1.165) is 51.4 Å². The lowest BCUT2D eigenvalue weighted by atomic mass is 9.67. The lowest BCUT2D eigenvalue weighted by molar-refractivity contribution is 0.0756. The number of rotatable bonds is 4.